The summed E-state index contributed by atoms with van der Waals surface area (Å²) in [7, 11) is 0. The van der Waals surface area contributed by atoms with Crippen molar-refractivity contribution in [2.24, 2.45) is 5.18 Å². The zero-order chi connectivity index (χ0) is 25.8. The summed E-state index contributed by atoms with van der Waals surface area (Å²) < 4.78 is 0. The smallest absolute Gasteiger partial charge is 0.255 e. The molecule has 5 rings (SSSR count). The Kier molecular flexibility index (Phi) is 7.63. The molecule has 2 amide bonds. The van der Waals surface area contributed by atoms with Gasteiger partial charge in [-0.3, -0.25) is 14.4 Å². The molecule has 1 aliphatic carbocycles. The number of nitrogens with one attached hydrogen (secondary N) is 1. The first-order chi connectivity index (χ1) is 18.1. The van der Waals surface area contributed by atoms with Gasteiger partial charge in [0.05, 0.1) is 24.6 Å². The summed E-state index contributed by atoms with van der Waals surface area (Å²) >= 11 is 6.68. The number of carbonyl (C=O) groups excluding carboxylic acids is 2. The van der Waals surface area contributed by atoms with Crippen molar-refractivity contribution in [1.82, 2.24) is 10.4 Å². The lowest BCUT2D eigenvalue weighted by Gasteiger charge is -2.47. The Morgan fingerprint density at radius 1 is 0.946 bits per heavy atom. The molecule has 1 aliphatic heterocycles. The topological polar surface area (TPSA) is 88.1 Å². The van der Waals surface area contributed by atoms with Gasteiger partial charge >= 0.3 is 0 Å². The molecule has 0 aromatic heterocycles. The van der Waals surface area contributed by atoms with Crippen molar-refractivity contribution >= 4 is 23.4 Å². The van der Waals surface area contributed by atoms with E-state index in [2.05, 4.69) is 10.7 Å². The van der Waals surface area contributed by atoms with Crippen molar-refractivity contribution in [3.63, 3.8) is 0 Å². The Balaban J connectivity index is 1.57. The number of rotatable bonds is 7. The minimum atomic E-state index is -0.807. The van der Waals surface area contributed by atoms with Gasteiger partial charge in [0.25, 0.3) is 11.8 Å². The average Bonchev–Trinajstić information content (AvgIpc) is 2.94. The number of hydrogen-bond donors (Lipinski definition) is 1. The van der Waals surface area contributed by atoms with Crippen LogP contribution in [0, 0.1) is 4.91 Å². The average molecular weight is 518 g/mol. The van der Waals surface area contributed by atoms with Gasteiger partial charge in [0.1, 0.15) is 6.04 Å². The van der Waals surface area contributed by atoms with Crippen molar-refractivity contribution in [2.45, 2.75) is 56.3 Å². The zero-order valence-electron chi connectivity index (χ0n) is 20.3. The third kappa shape index (κ3) is 5.02. The molecule has 1 saturated carbocycles. The normalized spacial score (nSPS) is 23.3. The lowest BCUT2D eigenvalue weighted by Crippen LogP contribution is -2.55. The van der Waals surface area contributed by atoms with Crippen LogP contribution in [-0.4, -0.2) is 28.8 Å². The van der Waals surface area contributed by atoms with Crippen LogP contribution in [0.15, 0.2) is 84.0 Å². The van der Waals surface area contributed by atoms with E-state index >= 15 is 0 Å². The largest absolute Gasteiger partial charge is 0.325 e. The van der Waals surface area contributed by atoms with E-state index in [9.17, 15) is 14.5 Å². The Labute approximate surface area is 220 Å². The summed E-state index contributed by atoms with van der Waals surface area (Å²) in [5, 5.41) is 3.84. The van der Waals surface area contributed by atoms with Gasteiger partial charge in [0.15, 0.2) is 0 Å². The molecule has 3 aromatic rings. The molecule has 37 heavy (non-hydrogen) atoms. The lowest BCUT2D eigenvalue weighted by molar-refractivity contribution is -0.138. The second-order valence-corrected chi connectivity index (χ2v) is 9.92. The fourth-order valence-corrected chi connectivity index (χ4v) is 5.86. The number of fused-ring (bicyclic) bond motifs is 1. The van der Waals surface area contributed by atoms with Crippen molar-refractivity contribution in [2.75, 3.05) is 0 Å². The van der Waals surface area contributed by atoms with E-state index in [1.54, 1.807) is 29.2 Å². The molecule has 0 bridgehead atoms. The molecule has 7 nitrogen and oxygen atoms in total. The summed E-state index contributed by atoms with van der Waals surface area (Å²) in [6.45, 7) is 0.195. The second kappa shape index (κ2) is 11.2. The molecular formula is C29H28ClN3O4. The fourth-order valence-electron chi connectivity index (χ4n) is 5.61. The van der Waals surface area contributed by atoms with Crippen LogP contribution in [0.4, 0.5) is 0 Å². The maximum absolute atomic E-state index is 14.0. The quantitative estimate of drug-likeness (QED) is 0.310. The van der Waals surface area contributed by atoms with Gasteiger partial charge in [-0.05, 0) is 41.7 Å². The molecule has 3 aromatic carbocycles. The second-order valence-electron chi connectivity index (χ2n) is 9.51. The molecule has 0 saturated heterocycles. The van der Waals surface area contributed by atoms with Gasteiger partial charge in [-0.25, -0.2) is 5.48 Å². The highest BCUT2D eigenvalue weighted by Gasteiger charge is 2.49. The molecule has 1 heterocycles. The SMILES string of the molecule is O=NC1CCCCC1N1C(=O)c2ccccc2C(C(=O)NOCc2ccccc2)C1c1ccccc1Cl. The summed E-state index contributed by atoms with van der Waals surface area (Å²) in [5.41, 5.74) is 5.21. The maximum atomic E-state index is 14.0. The first-order valence-electron chi connectivity index (χ1n) is 12.5. The number of halogens is 1. The van der Waals surface area contributed by atoms with Crippen LogP contribution in [0.5, 0.6) is 0 Å². The van der Waals surface area contributed by atoms with Gasteiger partial charge in [-0.2, -0.15) is 4.91 Å². The minimum absolute atomic E-state index is 0.195. The first kappa shape index (κ1) is 25.1. The van der Waals surface area contributed by atoms with Crippen molar-refractivity contribution in [3.05, 3.63) is 111 Å². The van der Waals surface area contributed by atoms with Crippen LogP contribution >= 0.6 is 11.6 Å². The minimum Gasteiger partial charge on any atom is -0.325 e. The third-order valence-electron chi connectivity index (χ3n) is 7.32. The van der Waals surface area contributed by atoms with E-state index in [0.29, 0.717) is 34.6 Å². The predicted octanol–water partition coefficient (Wildman–Crippen LogP) is 5.95. The van der Waals surface area contributed by atoms with Gasteiger partial charge < -0.3 is 4.90 Å². The molecule has 0 spiro atoms. The number of nitrogens with zero attached hydrogens (tertiary/aromatic N) is 2. The summed E-state index contributed by atoms with van der Waals surface area (Å²) in [6, 6.07) is 22.1. The number of carbonyl (C=O) groups is 2. The van der Waals surface area contributed by atoms with Gasteiger partial charge in [-0.1, -0.05) is 96.3 Å². The molecule has 8 heteroatoms. The molecule has 190 valence electrons. The molecule has 0 radical (unpaired) electrons. The summed E-state index contributed by atoms with van der Waals surface area (Å²) in [5.74, 6) is -1.42. The van der Waals surface area contributed by atoms with Crippen molar-refractivity contribution in [1.29, 1.82) is 0 Å². The maximum Gasteiger partial charge on any atom is 0.255 e. The first-order valence-corrected chi connectivity index (χ1v) is 12.9. The van der Waals surface area contributed by atoms with Gasteiger partial charge in [0, 0.05) is 10.6 Å². The van der Waals surface area contributed by atoms with E-state index in [1.807, 2.05) is 54.6 Å². The fraction of sp³-hybridized carbons (Fsp3) is 0.310. The van der Waals surface area contributed by atoms with Gasteiger partial charge in [-0.15, -0.1) is 0 Å². The Hall–Kier alpha value is -3.55. The molecule has 4 unspecified atom stereocenters. The predicted molar refractivity (Wildman–Crippen MR) is 141 cm³/mol. The molecule has 2 aliphatic rings. The van der Waals surface area contributed by atoms with E-state index in [1.165, 1.54) is 0 Å². The summed E-state index contributed by atoms with van der Waals surface area (Å²) in [4.78, 5) is 47.0. The van der Waals surface area contributed by atoms with Crippen LogP contribution in [0.25, 0.3) is 0 Å². The van der Waals surface area contributed by atoms with E-state index in [-0.39, 0.29) is 12.5 Å². The lowest BCUT2D eigenvalue weighted by atomic mass is 9.76. The zero-order valence-corrected chi connectivity index (χ0v) is 21.0. The van der Waals surface area contributed by atoms with E-state index in [0.717, 1.165) is 18.4 Å². The number of hydroxylamine groups is 1. The van der Waals surface area contributed by atoms with Gasteiger partial charge in [0.2, 0.25) is 0 Å². The van der Waals surface area contributed by atoms with Crippen LogP contribution in [0.2, 0.25) is 5.02 Å². The highest BCUT2D eigenvalue weighted by Crippen LogP contribution is 2.47. The summed E-state index contributed by atoms with van der Waals surface area (Å²) in [6.07, 6.45) is 2.98. The van der Waals surface area contributed by atoms with E-state index < -0.39 is 30.0 Å². The monoisotopic (exact) mass is 517 g/mol. The Morgan fingerprint density at radius 2 is 1.62 bits per heavy atom. The van der Waals surface area contributed by atoms with Crippen molar-refractivity contribution in [3.8, 4) is 0 Å². The van der Waals surface area contributed by atoms with Crippen LogP contribution in [0.1, 0.15) is 64.7 Å². The molecule has 1 N–H and O–H groups in total. The molecular weight excluding hydrogens is 490 g/mol. The van der Waals surface area contributed by atoms with E-state index in [4.69, 9.17) is 16.4 Å². The Bertz CT molecular complexity index is 1280. The standard InChI is InChI=1S/C29H28ClN3O4/c30-23-15-7-6-14-22(23)27-26(28(34)32-37-18-19-10-2-1-3-11-19)20-12-4-5-13-21(20)29(35)33(27)25-17-9-8-16-24(25)31-36/h1-7,10-15,24-27H,8-9,16-18H2,(H,32,34). The molecule has 4 atom stereocenters. The highest BCUT2D eigenvalue weighted by atomic mass is 35.5. The highest BCUT2D eigenvalue weighted by molar-refractivity contribution is 6.31. The van der Waals surface area contributed by atoms with Crippen LogP contribution < -0.4 is 5.48 Å². The molecule has 1 fully saturated rings. The van der Waals surface area contributed by atoms with Crippen LogP contribution in [0.3, 0.4) is 0 Å². The van der Waals surface area contributed by atoms with Crippen LogP contribution in [-0.2, 0) is 16.2 Å². The number of benzene rings is 3. The number of nitroso groups, excluding NO2 is 1. The number of amides is 2. The number of hydrogen-bond acceptors (Lipinski definition) is 5. The third-order valence-corrected chi connectivity index (χ3v) is 7.67. The van der Waals surface area contributed by atoms with Crippen molar-refractivity contribution < 1.29 is 14.4 Å². The Morgan fingerprint density at radius 3 is 2.38 bits per heavy atom.